The Balaban J connectivity index is 1.93. The van der Waals surface area contributed by atoms with Gasteiger partial charge in [0.25, 0.3) is 0 Å². The summed E-state index contributed by atoms with van der Waals surface area (Å²) in [5.41, 5.74) is 1.42. The van der Waals surface area contributed by atoms with Crippen LogP contribution >= 0.6 is 27.7 Å². The molecule has 9 nitrogen and oxygen atoms in total. The number of ether oxygens (including phenoxy) is 3. The maximum Gasteiger partial charge on any atom is 0.344 e. The van der Waals surface area contributed by atoms with Crippen molar-refractivity contribution in [1.29, 1.82) is 0 Å². The maximum atomic E-state index is 12.5. The van der Waals surface area contributed by atoms with Crippen LogP contribution in [0, 0.1) is 0 Å². The topological polar surface area (TPSA) is 132 Å². The van der Waals surface area contributed by atoms with Gasteiger partial charge < -0.3 is 24.4 Å². The molecule has 1 aliphatic heterocycles. The number of rotatable bonds is 10. The number of carboxylic acids is 1. The van der Waals surface area contributed by atoms with Gasteiger partial charge in [0.05, 0.1) is 23.7 Å². The van der Waals surface area contributed by atoms with Gasteiger partial charge in [0, 0.05) is 10.9 Å². The average molecular weight is 604 g/mol. The Morgan fingerprint density at radius 2 is 1.71 bits per heavy atom. The molecule has 0 bridgehead atoms. The zero-order chi connectivity index (χ0) is 27.8. The summed E-state index contributed by atoms with van der Waals surface area (Å²) in [5, 5.41) is 20.0. The van der Waals surface area contributed by atoms with E-state index in [1.807, 2.05) is 6.92 Å². The first-order chi connectivity index (χ1) is 18.2. The highest BCUT2D eigenvalue weighted by atomic mass is 79.9. The summed E-state index contributed by atoms with van der Waals surface area (Å²) in [6, 6.07) is 9.79. The number of esters is 1. The minimum absolute atomic E-state index is 0.0778. The number of aliphatic hydroxyl groups is 1. The minimum Gasteiger partial charge on any atom is -0.506 e. The second-order valence-corrected chi connectivity index (χ2v) is 9.65. The molecule has 0 saturated carbocycles. The SMILES string of the molecule is CCOC(=O)C1=C(O)/C(=C/c2cc(OCC)c(OCc3ccc(C(=O)O)cc3)cc2Br)SC1=NC(=O)CC. The van der Waals surface area contributed by atoms with Gasteiger partial charge in [-0.1, -0.05) is 46.7 Å². The smallest absolute Gasteiger partial charge is 0.344 e. The monoisotopic (exact) mass is 603 g/mol. The van der Waals surface area contributed by atoms with Gasteiger partial charge in [-0.3, -0.25) is 4.79 Å². The molecule has 2 aromatic carbocycles. The molecule has 1 aliphatic rings. The van der Waals surface area contributed by atoms with E-state index >= 15 is 0 Å². The van der Waals surface area contributed by atoms with E-state index in [9.17, 15) is 19.5 Å². The lowest BCUT2D eigenvalue weighted by molar-refractivity contribution is -0.138. The van der Waals surface area contributed by atoms with Gasteiger partial charge in [0.1, 0.15) is 23.0 Å². The Kier molecular flexibility index (Phi) is 10.1. The van der Waals surface area contributed by atoms with Gasteiger partial charge in [-0.25, -0.2) is 14.6 Å². The Labute approximate surface area is 232 Å². The van der Waals surface area contributed by atoms with Crippen molar-refractivity contribution in [3.8, 4) is 11.5 Å². The minimum atomic E-state index is -1.00. The van der Waals surface area contributed by atoms with E-state index in [1.165, 1.54) is 12.1 Å². The van der Waals surface area contributed by atoms with Crippen LogP contribution in [0.15, 0.2) is 62.1 Å². The van der Waals surface area contributed by atoms with Gasteiger partial charge >= 0.3 is 11.9 Å². The van der Waals surface area contributed by atoms with E-state index in [4.69, 9.17) is 19.3 Å². The number of aromatic carboxylic acids is 1. The number of thioether (sulfide) groups is 1. The van der Waals surface area contributed by atoms with Crippen LogP contribution in [0.25, 0.3) is 6.08 Å². The molecular formula is C27H26BrNO8S. The summed E-state index contributed by atoms with van der Waals surface area (Å²) in [6.07, 6.45) is 1.79. The molecule has 0 unspecified atom stereocenters. The van der Waals surface area contributed by atoms with Gasteiger partial charge in [-0.15, -0.1) is 0 Å². The van der Waals surface area contributed by atoms with Crippen LogP contribution in [0.1, 0.15) is 48.7 Å². The van der Waals surface area contributed by atoms with E-state index in [0.717, 1.165) is 17.3 Å². The molecule has 38 heavy (non-hydrogen) atoms. The summed E-state index contributed by atoms with van der Waals surface area (Å²) in [4.78, 5) is 39.8. The molecule has 0 aliphatic carbocycles. The normalized spacial score (nSPS) is 15.2. The second kappa shape index (κ2) is 13.3. The van der Waals surface area contributed by atoms with E-state index in [1.54, 1.807) is 44.2 Å². The predicted molar refractivity (Wildman–Crippen MR) is 148 cm³/mol. The fourth-order valence-electron chi connectivity index (χ4n) is 3.27. The van der Waals surface area contributed by atoms with Crippen molar-refractivity contribution in [2.75, 3.05) is 13.2 Å². The van der Waals surface area contributed by atoms with Crippen LogP contribution in [0.4, 0.5) is 0 Å². The number of hydrogen-bond acceptors (Lipinski definition) is 8. The van der Waals surface area contributed by atoms with Crippen LogP contribution in [0.2, 0.25) is 0 Å². The Morgan fingerprint density at radius 1 is 1.03 bits per heavy atom. The number of amides is 1. The number of aliphatic hydroxyl groups excluding tert-OH is 1. The average Bonchev–Trinajstić information content (AvgIpc) is 3.19. The first-order valence-electron chi connectivity index (χ1n) is 11.7. The number of hydrogen-bond donors (Lipinski definition) is 2. The molecule has 0 aromatic heterocycles. The Morgan fingerprint density at radius 3 is 2.32 bits per heavy atom. The molecule has 1 heterocycles. The first-order valence-corrected chi connectivity index (χ1v) is 13.3. The number of halogens is 1. The van der Waals surface area contributed by atoms with E-state index in [-0.39, 0.29) is 41.6 Å². The maximum absolute atomic E-state index is 12.5. The summed E-state index contributed by atoms with van der Waals surface area (Å²) >= 11 is 4.51. The van der Waals surface area contributed by atoms with Crippen molar-refractivity contribution in [3.05, 3.63) is 73.8 Å². The van der Waals surface area contributed by atoms with Crippen LogP contribution in [-0.4, -0.2) is 46.3 Å². The lowest BCUT2D eigenvalue weighted by atomic mass is 10.1. The third-order valence-corrected chi connectivity index (χ3v) is 6.85. The lowest BCUT2D eigenvalue weighted by Crippen LogP contribution is -2.14. The van der Waals surface area contributed by atoms with Crippen molar-refractivity contribution in [3.63, 3.8) is 0 Å². The fourth-order valence-corrected chi connectivity index (χ4v) is 4.73. The van der Waals surface area contributed by atoms with Gasteiger partial charge in [-0.05, 0) is 55.3 Å². The number of carbonyl (C=O) groups is 3. The zero-order valence-electron chi connectivity index (χ0n) is 20.9. The van der Waals surface area contributed by atoms with Crippen LogP contribution < -0.4 is 9.47 Å². The molecular weight excluding hydrogens is 578 g/mol. The highest BCUT2D eigenvalue weighted by Crippen LogP contribution is 2.42. The third kappa shape index (κ3) is 7.05. The quantitative estimate of drug-likeness (QED) is 0.317. The predicted octanol–water partition coefficient (Wildman–Crippen LogP) is 5.92. The molecule has 3 rings (SSSR count). The van der Waals surface area contributed by atoms with Crippen molar-refractivity contribution < 1.29 is 38.8 Å². The second-order valence-electron chi connectivity index (χ2n) is 7.76. The zero-order valence-corrected chi connectivity index (χ0v) is 23.3. The summed E-state index contributed by atoms with van der Waals surface area (Å²) in [6.45, 7) is 5.77. The van der Waals surface area contributed by atoms with Crippen molar-refractivity contribution in [2.45, 2.75) is 33.8 Å². The van der Waals surface area contributed by atoms with E-state index < -0.39 is 17.8 Å². The van der Waals surface area contributed by atoms with E-state index in [0.29, 0.717) is 33.0 Å². The van der Waals surface area contributed by atoms with Crippen molar-refractivity contribution in [1.82, 2.24) is 0 Å². The van der Waals surface area contributed by atoms with Gasteiger partial charge in [0.2, 0.25) is 5.91 Å². The molecule has 200 valence electrons. The molecule has 2 aromatic rings. The van der Waals surface area contributed by atoms with Crippen molar-refractivity contribution >= 4 is 56.7 Å². The molecule has 1 amide bonds. The number of benzene rings is 2. The molecule has 11 heteroatoms. The molecule has 0 radical (unpaired) electrons. The molecule has 0 atom stereocenters. The largest absolute Gasteiger partial charge is 0.506 e. The molecule has 2 N–H and O–H groups in total. The summed E-state index contributed by atoms with van der Waals surface area (Å²) in [7, 11) is 0. The number of carboxylic acid groups (broad SMARTS) is 1. The Bertz CT molecular complexity index is 1330. The fraction of sp³-hybridized carbons (Fsp3) is 0.259. The standard InChI is InChI=1S/C27H26BrNO8S/c1-4-22(30)29-25-23(27(34)36-6-3)24(31)21(38-25)12-17-11-19(35-5-2)20(13-18(17)28)37-14-15-7-9-16(10-8-15)26(32)33/h7-13,31H,4-6,14H2,1-3H3,(H,32,33)/b21-12-,29-25?. The molecule has 0 saturated heterocycles. The van der Waals surface area contributed by atoms with Crippen LogP contribution in [0.3, 0.4) is 0 Å². The highest BCUT2D eigenvalue weighted by Gasteiger charge is 2.34. The van der Waals surface area contributed by atoms with Crippen LogP contribution in [-0.2, 0) is 20.9 Å². The van der Waals surface area contributed by atoms with E-state index in [2.05, 4.69) is 20.9 Å². The first kappa shape index (κ1) is 29.0. The third-order valence-electron chi connectivity index (χ3n) is 5.14. The number of carbonyl (C=O) groups excluding carboxylic acids is 2. The summed E-state index contributed by atoms with van der Waals surface area (Å²) in [5.74, 6) is -1.64. The Hall–Kier alpha value is -3.57. The van der Waals surface area contributed by atoms with Gasteiger partial charge in [-0.2, -0.15) is 0 Å². The lowest BCUT2D eigenvalue weighted by Gasteiger charge is -2.14. The molecule has 0 spiro atoms. The number of nitrogens with zero attached hydrogens (tertiary/aromatic N) is 1. The van der Waals surface area contributed by atoms with Crippen LogP contribution in [0.5, 0.6) is 11.5 Å². The molecule has 0 fully saturated rings. The van der Waals surface area contributed by atoms with Crippen molar-refractivity contribution in [2.24, 2.45) is 4.99 Å². The number of aliphatic imine (C=N–C) groups is 1. The summed E-state index contributed by atoms with van der Waals surface area (Å²) < 4.78 is 17.4. The highest BCUT2D eigenvalue weighted by molar-refractivity contribution is 9.10. The van der Waals surface area contributed by atoms with Gasteiger partial charge in [0.15, 0.2) is 11.5 Å².